The van der Waals surface area contributed by atoms with Crippen LogP contribution in [-0.4, -0.2) is 32.9 Å². The first-order valence-electron chi connectivity index (χ1n) is 7.78. The van der Waals surface area contributed by atoms with Gasteiger partial charge in [0, 0.05) is 29.3 Å². The molecule has 2 aliphatic rings. The zero-order valence-corrected chi connectivity index (χ0v) is 14.2. The van der Waals surface area contributed by atoms with E-state index < -0.39 is 0 Å². The van der Waals surface area contributed by atoms with Gasteiger partial charge in [0.25, 0.3) is 0 Å². The molecule has 0 atom stereocenters. The summed E-state index contributed by atoms with van der Waals surface area (Å²) < 4.78 is 15.9. The fraction of sp³-hybridized carbons (Fsp3) is 0.158. The minimum Gasteiger partial charge on any atom is -0.497 e. The van der Waals surface area contributed by atoms with Crippen molar-refractivity contribution in [2.75, 3.05) is 21.3 Å². The Morgan fingerprint density at radius 1 is 0.880 bits per heavy atom. The second-order valence-corrected chi connectivity index (χ2v) is 5.61. The normalized spacial score (nSPS) is 15.9. The van der Waals surface area contributed by atoms with E-state index in [1.165, 1.54) is 0 Å². The van der Waals surface area contributed by atoms with E-state index in [1.54, 1.807) is 21.3 Å². The summed E-state index contributed by atoms with van der Waals surface area (Å²) in [5.41, 5.74) is 7.73. The van der Waals surface area contributed by atoms with Crippen LogP contribution in [0.4, 0.5) is 5.69 Å². The van der Waals surface area contributed by atoms with Gasteiger partial charge in [-0.3, -0.25) is 5.43 Å². The SMILES string of the molecule is COc1cc(N=C2NN=C3C2=Cc2cc(OC)ccc23)cc(OC)c1. The number of benzene rings is 2. The molecule has 0 fully saturated rings. The third kappa shape index (κ3) is 2.61. The lowest BCUT2D eigenvalue weighted by molar-refractivity contribution is 0.394. The van der Waals surface area contributed by atoms with Crippen molar-refractivity contribution in [3.05, 3.63) is 53.1 Å². The van der Waals surface area contributed by atoms with Crippen LogP contribution in [0.2, 0.25) is 0 Å². The zero-order valence-electron chi connectivity index (χ0n) is 14.2. The molecule has 1 N–H and O–H groups in total. The number of methoxy groups -OCH3 is 3. The van der Waals surface area contributed by atoms with E-state index in [2.05, 4.69) is 21.6 Å². The molecule has 0 saturated carbocycles. The molecular formula is C19H17N3O3. The fourth-order valence-corrected chi connectivity index (χ4v) is 2.91. The number of nitrogens with zero attached hydrogens (tertiary/aromatic N) is 2. The number of amidine groups is 1. The Balaban J connectivity index is 1.72. The molecule has 1 aliphatic carbocycles. The van der Waals surface area contributed by atoms with Crippen molar-refractivity contribution in [1.82, 2.24) is 5.43 Å². The lowest BCUT2D eigenvalue weighted by atomic mass is 10.1. The number of rotatable bonds is 4. The summed E-state index contributed by atoms with van der Waals surface area (Å²) in [6.07, 6.45) is 2.06. The molecule has 0 radical (unpaired) electrons. The summed E-state index contributed by atoms with van der Waals surface area (Å²) in [6.45, 7) is 0. The smallest absolute Gasteiger partial charge is 0.156 e. The third-order valence-corrected chi connectivity index (χ3v) is 4.17. The number of hydrogen-bond donors (Lipinski definition) is 1. The molecule has 25 heavy (non-hydrogen) atoms. The molecule has 0 saturated heterocycles. The summed E-state index contributed by atoms with van der Waals surface area (Å²) in [7, 11) is 4.89. The fourth-order valence-electron chi connectivity index (χ4n) is 2.91. The van der Waals surface area contributed by atoms with Gasteiger partial charge in [-0.15, -0.1) is 0 Å². The standard InChI is InChI=1S/C19H17N3O3/c1-23-13-4-5-16-11(6-13)7-17-18(16)21-22-19(17)20-12-8-14(24-2)10-15(9-12)25-3/h4-10H,1-3H3,(H,20,22). The summed E-state index contributed by atoms with van der Waals surface area (Å²) in [5, 5.41) is 4.42. The highest BCUT2D eigenvalue weighted by molar-refractivity contribution is 6.38. The second-order valence-electron chi connectivity index (χ2n) is 5.61. The highest BCUT2D eigenvalue weighted by atomic mass is 16.5. The van der Waals surface area contributed by atoms with Crippen LogP contribution >= 0.6 is 0 Å². The number of nitrogens with one attached hydrogen (secondary N) is 1. The van der Waals surface area contributed by atoms with E-state index in [4.69, 9.17) is 14.2 Å². The van der Waals surface area contributed by atoms with Crippen LogP contribution in [0.15, 0.2) is 52.1 Å². The zero-order chi connectivity index (χ0) is 17.4. The molecule has 126 valence electrons. The topological polar surface area (TPSA) is 64.4 Å². The van der Waals surface area contributed by atoms with Crippen molar-refractivity contribution in [1.29, 1.82) is 0 Å². The predicted octanol–water partition coefficient (Wildman–Crippen LogP) is 3.15. The Bertz CT molecular complexity index is 923. The van der Waals surface area contributed by atoms with E-state index in [9.17, 15) is 0 Å². The maximum absolute atomic E-state index is 5.30. The number of hydrazone groups is 1. The highest BCUT2D eigenvalue weighted by Crippen LogP contribution is 2.33. The Hall–Kier alpha value is -3.28. The van der Waals surface area contributed by atoms with Crippen LogP contribution in [0.3, 0.4) is 0 Å². The van der Waals surface area contributed by atoms with Gasteiger partial charge in [-0.05, 0) is 29.8 Å². The molecule has 0 spiro atoms. The molecule has 1 aliphatic heterocycles. The molecule has 0 unspecified atom stereocenters. The number of ether oxygens (including phenoxy) is 3. The van der Waals surface area contributed by atoms with Crippen LogP contribution in [0.1, 0.15) is 11.1 Å². The van der Waals surface area contributed by atoms with Crippen molar-refractivity contribution in [2.45, 2.75) is 0 Å². The van der Waals surface area contributed by atoms with E-state index in [1.807, 2.05) is 36.4 Å². The first-order valence-corrected chi connectivity index (χ1v) is 7.78. The summed E-state index contributed by atoms with van der Waals surface area (Å²) >= 11 is 0. The van der Waals surface area contributed by atoms with Crippen LogP contribution in [-0.2, 0) is 0 Å². The highest BCUT2D eigenvalue weighted by Gasteiger charge is 2.29. The van der Waals surface area contributed by atoms with Gasteiger partial charge in [-0.1, -0.05) is 0 Å². The second kappa shape index (κ2) is 5.98. The van der Waals surface area contributed by atoms with Crippen molar-refractivity contribution in [3.63, 3.8) is 0 Å². The predicted molar refractivity (Wildman–Crippen MR) is 97.3 cm³/mol. The molecule has 0 aromatic heterocycles. The van der Waals surface area contributed by atoms with Crippen LogP contribution in [0, 0.1) is 0 Å². The van der Waals surface area contributed by atoms with Crippen molar-refractivity contribution in [2.24, 2.45) is 10.1 Å². The molecular weight excluding hydrogens is 318 g/mol. The van der Waals surface area contributed by atoms with Crippen LogP contribution in [0.5, 0.6) is 17.2 Å². The lowest BCUT2D eigenvalue weighted by Gasteiger charge is -2.06. The van der Waals surface area contributed by atoms with Gasteiger partial charge in [0.1, 0.15) is 23.0 Å². The summed E-state index contributed by atoms with van der Waals surface area (Å²) in [4.78, 5) is 4.68. The largest absolute Gasteiger partial charge is 0.497 e. The van der Waals surface area contributed by atoms with Gasteiger partial charge in [-0.25, -0.2) is 4.99 Å². The third-order valence-electron chi connectivity index (χ3n) is 4.17. The van der Waals surface area contributed by atoms with Crippen molar-refractivity contribution in [3.8, 4) is 17.2 Å². The first-order chi connectivity index (χ1) is 12.2. The molecule has 4 rings (SSSR count). The van der Waals surface area contributed by atoms with Crippen molar-refractivity contribution < 1.29 is 14.2 Å². The van der Waals surface area contributed by atoms with Gasteiger partial charge in [-0.2, -0.15) is 5.10 Å². The van der Waals surface area contributed by atoms with Crippen LogP contribution < -0.4 is 19.6 Å². The molecule has 1 heterocycles. The maximum Gasteiger partial charge on any atom is 0.156 e. The average Bonchev–Trinajstić information content (AvgIpc) is 3.20. The number of aliphatic imine (C=N–C) groups is 1. The average molecular weight is 335 g/mol. The van der Waals surface area contributed by atoms with Gasteiger partial charge < -0.3 is 14.2 Å². The Kier molecular flexibility index (Phi) is 3.65. The molecule has 0 amide bonds. The van der Waals surface area contributed by atoms with Gasteiger partial charge in [0.15, 0.2) is 5.84 Å². The van der Waals surface area contributed by atoms with E-state index in [-0.39, 0.29) is 0 Å². The van der Waals surface area contributed by atoms with E-state index in [0.29, 0.717) is 17.3 Å². The van der Waals surface area contributed by atoms with Gasteiger partial charge in [0.2, 0.25) is 0 Å². The van der Waals surface area contributed by atoms with Crippen molar-refractivity contribution >= 4 is 23.3 Å². The Morgan fingerprint density at radius 2 is 1.60 bits per heavy atom. The van der Waals surface area contributed by atoms with E-state index >= 15 is 0 Å². The minimum atomic E-state index is 0.686. The molecule has 6 nitrogen and oxygen atoms in total. The summed E-state index contributed by atoms with van der Waals surface area (Å²) in [5.74, 6) is 2.89. The monoisotopic (exact) mass is 335 g/mol. The van der Waals surface area contributed by atoms with Crippen LogP contribution in [0.25, 0.3) is 6.08 Å². The molecule has 6 heteroatoms. The Morgan fingerprint density at radius 3 is 2.28 bits per heavy atom. The summed E-state index contributed by atoms with van der Waals surface area (Å²) in [6, 6.07) is 11.4. The number of hydrogen-bond acceptors (Lipinski definition) is 5. The first kappa shape index (κ1) is 15.3. The quantitative estimate of drug-likeness (QED) is 0.932. The number of fused-ring (bicyclic) bond motifs is 3. The minimum absolute atomic E-state index is 0.686. The molecule has 2 aromatic rings. The molecule has 0 bridgehead atoms. The Labute approximate surface area is 145 Å². The van der Waals surface area contributed by atoms with E-state index in [0.717, 1.165) is 33.8 Å². The molecule has 2 aromatic carbocycles. The van der Waals surface area contributed by atoms with Gasteiger partial charge in [0.05, 0.1) is 27.0 Å². The lowest BCUT2D eigenvalue weighted by Crippen LogP contribution is -2.12. The van der Waals surface area contributed by atoms with Gasteiger partial charge >= 0.3 is 0 Å². The maximum atomic E-state index is 5.30.